The molecule has 7 heteroatoms. The first-order valence-corrected chi connectivity index (χ1v) is 9.69. The summed E-state index contributed by atoms with van der Waals surface area (Å²) in [5, 5.41) is 0. The minimum atomic E-state index is -4.02. The highest BCUT2D eigenvalue weighted by Gasteiger charge is 2.55. The van der Waals surface area contributed by atoms with Crippen LogP contribution >= 0.6 is 0 Å². The first kappa shape index (κ1) is 15.4. The van der Waals surface area contributed by atoms with Gasteiger partial charge in [0.15, 0.2) is 5.72 Å². The third-order valence-corrected chi connectivity index (χ3v) is 5.90. The lowest BCUT2D eigenvalue weighted by molar-refractivity contribution is -0.115. The van der Waals surface area contributed by atoms with Crippen molar-refractivity contribution < 1.29 is 22.4 Å². The molecule has 0 bridgehead atoms. The number of hydrogen-bond acceptors (Lipinski definition) is 5. The molecule has 2 fully saturated rings. The number of fused-ring (bicyclic) bond motifs is 3. The maximum absolute atomic E-state index is 11.1. The first-order valence-electron chi connectivity index (χ1n) is 8.08. The second-order valence-electron chi connectivity index (χ2n) is 6.59. The molecule has 2 aliphatic heterocycles. The van der Waals surface area contributed by atoms with Gasteiger partial charge < -0.3 is 9.47 Å². The Kier molecular flexibility index (Phi) is 3.64. The van der Waals surface area contributed by atoms with E-state index in [2.05, 4.69) is 4.90 Å². The standard InChI is InChI=1S/C16H21NO5S/c18-23(19,20)11-12-3-4-15-13(10-12)14-2-1-5-16(14,22-15)17-6-8-21-9-7-17/h3-4,10,14H,1-2,5-9,11H2,(H,18,19,20). The molecule has 1 N–H and O–H groups in total. The number of hydrogen-bond donors (Lipinski definition) is 1. The van der Waals surface area contributed by atoms with Crippen molar-refractivity contribution in [1.29, 1.82) is 0 Å². The Balaban J connectivity index is 1.67. The van der Waals surface area contributed by atoms with Crippen LogP contribution in [0.25, 0.3) is 0 Å². The van der Waals surface area contributed by atoms with Gasteiger partial charge in [-0.3, -0.25) is 9.45 Å². The van der Waals surface area contributed by atoms with Gasteiger partial charge >= 0.3 is 0 Å². The van der Waals surface area contributed by atoms with E-state index in [-0.39, 0.29) is 17.4 Å². The molecule has 1 saturated heterocycles. The van der Waals surface area contributed by atoms with Crippen molar-refractivity contribution in [2.24, 2.45) is 0 Å². The summed E-state index contributed by atoms with van der Waals surface area (Å²) in [4.78, 5) is 2.39. The van der Waals surface area contributed by atoms with E-state index < -0.39 is 10.1 Å². The summed E-state index contributed by atoms with van der Waals surface area (Å²) in [6.45, 7) is 3.18. The summed E-state index contributed by atoms with van der Waals surface area (Å²) in [5.41, 5.74) is 1.39. The van der Waals surface area contributed by atoms with E-state index >= 15 is 0 Å². The SMILES string of the molecule is O=S(=O)(O)Cc1ccc2c(c1)C1CCCC1(N1CCOCC1)O2. The Bertz CT molecular complexity index is 713. The van der Waals surface area contributed by atoms with Crippen LogP contribution in [0.15, 0.2) is 18.2 Å². The van der Waals surface area contributed by atoms with Crippen LogP contribution in [0.2, 0.25) is 0 Å². The smallest absolute Gasteiger partial charge is 0.269 e. The lowest BCUT2D eigenvalue weighted by Crippen LogP contribution is -2.56. The first-order chi connectivity index (χ1) is 11.0. The zero-order chi connectivity index (χ0) is 16.1. The van der Waals surface area contributed by atoms with Crippen LogP contribution in [0.4, 0.5) is 0 Å². The molecule has 4 rings (SSSR count). The van der Waals surface area contributed by atoms with Gasteiger partial charge in [0.1, 0.15) is 11.5 Å². The van der Waals surface area contributed by atoms with E-state index in [4.69, 9.17) is 14.0 Å². The maximum atomic E-state index is 11.1. The topological polar surface area (TPSA) is 76.1 Å². The van der Waals surface area contributed by atoms with Crippen molar-refractivity contribution in [2.45, 2.75) is 36.7 Å². The number of ether oxygens (including phenoxy) is 2. The highest BCUT2D eigenvalue weighted by molar-refractivity contribution is 7.85. The van der Waals surface area contributed by atoms with E-state index in [0.29, 0.717) is 5.56 Å². The minimum absolute atomic E-state index is 0.261. The van der Waals surface area contributed by atoms with Crippen molar-refractivity contribution in [3.05, 3.63) is 29.3 Å². The summed E-state index contributed by atoms with van der Waals surface area (Å²) in [5.74, 6) is 0.759. The molecule has 0 amide bonds. The molecule has 1 saturated carbocycles. The average Bonchev–Trinajstić information content (AvgIpc) is 3.04. The minimum Gasteiger partial charge on any atom is -0.472 e. The van der Waals surface area contributed by atoms with Gasteiger partial charge in [-0.25, -0.2) is 0 Å². The quantitative estimate of drug-likeness (QED) is 0.846. The molecule has 2 atom stereocenters. The average molecular weight is 339 g/mol. The predicted molar refractivity (Wildman–Crippen MR) is 84.0 cm³/mol. The van der Waals surface area contributed by atoms with Crippen LogP contribution in [0.3, 0.4) is 0 Å². The fourth-order valence-corrected chi connectivity index (χ4v) is 4.92. The molecule has 0 radical (unpaired) electrons. The molecular weight excluding hydrogens is 318 g/mol. The van der Waals surface area contributed by atoms with E-state index in [0.717, 1.165) is 56.9 Å². The van der Waals surface area contributed by atoms with Crippen molar-refractivity contribution in [2.75, 3.05) is 26.3 Å². The molecule has 0 spiro atoms. The summed E-state index contributed by atoms with van der Waals surface area (Å²) >= 11 is 0. The van der Waals surface area contributed by atoms with Gasteiger partial charge in [-0.1, -0.05) is 12.1 Å². The molecule has 2 heterocycles. The number of morpholine rings is 1. The zero-order valence-corrected chi connectivity index (χ0v) is 13.7. The third kappa shape index (κ3) is 2.65. The van der Waals surface area contributed by atoms with Crippen molar-refractivity contribution in [1.82, 2.24) is 4.90 Å². The molecule has 0 aromatic heterocycles. The molecule has 1 aromatic rings. The van der Waals surface area contributed by atoms with E-state index in [1.807, 2.05) is 12.1 Å². The lowest BCUT2D eigenvalue weighted by Gasteiger charge is -2.42. The lowest BCUT2D eigenvalue weighted by atomic mass is 9.91. The summed E-state index contributed by atoms with van der Waals surface area (Å²) in [6.07, 6.45) is 3.13. The van der Waals surface area contributed by atoms with Crippen LogP contribution in [-0.2, 0) is 20.6 Å². The molecule has 3 aliphatic rings. The summed E-state index contributed by atoms with van der Waals surface area (Å²) in [7, 11) is -4.02. The molecule has 2 unspecified atom stereocenters. The van der Waals surface area contributed by atoms with Gasteiger partial charge in [0.25, 0.3) is 10.1 Å². The van der Waals surface area contributed by atoms with Gasteiger partial charge in [-0.05, 0) is 24.5 Å². The van der Waals surface area contributed by atoms with Gasteiger partial charge in [0, 0.05) is 31.0 Å². The van der Waals surface area contributed by atoms with Gasteiger partial charge in [0.05, 0.1) is 13.2 Å². The summed E-state index contributed by atoms with van der Waals surface area (Å²) < 4.78 is 43.2. The molecule has 6 nitrogen and oxygen atoms in total. The second-order valence-corrected chi connectivity index (χ2v) is 8.04. The molecular formula is C16H21NO5S. The molecule has 23 heavy (non-hydrogen) atoms. The highest BCUT2D eigenvalue weighted by Crippen LogP contribution is 2.55. The Morgan fingerprint density at radius 2 is 2.09 bits per heavy atom. The van der Waals surface area contributed by atoms with Crippen LogP contribution < -0.4 is 4.74 Å². The van der Waals surface area contributed by atoms with E-state index in [1.165, 1.54) is 0 Å². The maximum Gasteiger partial charge on any atom is 0.269 e. The Hall–Kier alpha value is -1.15. The zero-order valence-electron chi connectivity index (χ0n) is 12.9. The number of rotatable bonds is 3. The third-order valence-electron chi connectivity index (χ3n) is 5.20. The Morgan fingerprint density at radius 1 is 1.30 bits per heavy atom. The molecule has 1 aliphatic carbocycles. The van der Waals surface area contributed by atoms with Crippen LogP contribution in [0, 0.1) is 0 Å². The predicted octanol–water partition coefficient (Wildman–Crippen LogP) is 1.76. The van der Waals surface area contributed by atoms with Crippen molar-refractivity contribution in [3.63, 3.8) is 0 Å². The second kappa shape index (κ2) is 5.44. The molecule has 126 valence electrons. The van der Waals surface area contributed by atoms with Crippen molar-refractivity contribution in [3.8, 4) is 5.75 Å². The van der Waals surface area contributed by atoms with Crippen LogP contribution in [-0.4, -0.2) is 49.9 Å². The van der Waals surface area contributed by atoms with E-state index in [9.17, 15) is 8.42 Å². The largest absolute Gasteiger partial charge is 0.472 e. The fourth-order valence-electron chi connectivity index (χ4n) is 4.32. The Labute approximate surface area is 136 Å². The van der Waals surface area contributed by atoms with Gasteiger partial charge in [-0.2, -0.15) is 8.42 Å². The van der Waals surface area contributed by atoms with Crippen LogP contribution in [0.1, 0.15) is 36.3 Å². The fraction of sp³-hybridized carbons (Fsp3) is 0.625. The Morgan fingerprint density at radius 3 is 2.83 bits per heavy atom. The monoisotopic (exact) mass is 339 g/mol. The summed E-state index contributed by atoms with van der Waals surface area (Å²) in [6, 6.07) is 5.46. The highest BCUT2D eigenvalue weighted by atomic mass is 32.2. The van der Waals surface area contributed by atoms with Gasteiger partial charge in [0.2, 0.25) is 0 Å². The van der Waals surface area contributed by atoms with Crippen LogP contribution in [0.5, 0.6) is 5.75 Å². The van der Waals surface area contributed by atoms with Gasteiger partial charge in [-0.15, -0.1) is 0 Å². The number of nitrogens with zero attached hydrogens (tertiary/aromatic N) is 1. The van der Waals surface area contributed by atoms with Crippen molar-refractivity contribution >= 4 is 10.1 Å². The normalized spacial score (nSPS) is 30.7. The van der Waals surface area contributed by atoms with E-state index in [1.54, 1.807) is 6.07 Å². The number of benzene rings is 1. The molecule has 1 aromatic carbocycles.